The molecule has 2 rings (SSSR count). The van der Waals surface area contributed by atoms with E-state index in [0.717, 1.165) is 17.3 Å². The lowest BCUT2D eigenvalue weighted by molar-refractivity contribution is 0.279. The van der Waals surface area contributed by atoms with Gasteiger partial charge in [0.2, 0.25) is 0 Å². The van der Waals surface area contributed by atoms with Gasteiger partial charge in [0.05, 0.1) is 6.20 Å². The summed E-state index contributed by atoms with van der Waals surface area (Å²) in [7, 11) is 0. The first-order chi connectivity index (χ1) is 8.56. The molecule has 0 amide bonds. The number of rotatable bonds is 3. The average Bonchev–Trinajstić information content (AvgIpc) is 2.32. The van der Waals surface area contributed by atoms with E-state index in [4.69, 9.17) is 10.5 Å². The molecule has 0 fully saturated rings. The molecule has 5 heteroatoms. The van der Waals surface area contributed by atoms with Gasteiger partial charge in [-0.25, -0.2) is 9.37 Å². The molecule has 4 nitrogen and oxygen atoms in total. The minimum absolute atomic E-state index is 0.0777. The van der Waals surface area contributed by atoms with Crippen molar-refractivity contribution in [2.24, 2.45) is 0 Å². The molecule has 1 aromatic carbocycles. The number of nitrogens with two attached hydrogens (primary N) is 1. The second-order valence-electron chi connectivity index (χ2n) is 4.10. The van der Waals surface area contributed by atoms with Crippen molar-refractivity contribution in [2.75, 3.05) is 5.73 Å². The van der Waals surface area contributed by atoms with Crippen LogP contribution in [-0.4, -0.2) is 9.97 Å². The zero-order valence-electron chi connectivity index (χ0n) is 10.3. The number of hydrogen-bond acceptors (Lipinski definition) is 4. The summed E-state index contributed by atoms with van der Waals surface area (Å²) in [5.74, 6) is -0.852. The Balaban J connectivity index is 2.09. The molecule has 0 aliphatic carbocycles. The quantitative estimate of drug-likeness (QED) is 0.904. The Hall–Kier alpha value is -2.17. The van der Waals surface area contributed by atoms with Crippen molar-refractivity contribution in [3.8, 4) is 6.01 Å². The Morgan fingerprint density at radius 3 is 2.78 bits per heavy atom. The van der Waals surface area contributed by atoms with Crippen molar-refractivity contribution in [3.05, 3.63) is 46.9 Å². The molecule has 2 aromatic rings. The van der Waals surface area contributed by atoms with E-state index in [1.54, 1.807) is 0 Å². The smallest absolute Gasteiger partial charge is 0.318 e. The number of anilines is 1. The fourth-order valence-electron chi connectivity index (χ4n) is 1.58. The summed E-state index contributed by atoms with van der Waals surface area (Å²) in [6.45, 7) is 4.37. The van der Waals surface area contributed by atoms with E-state index in [1.165, 1.54) is 5.56 Å². The van der Waals surface area contributed by atoms with Gasteiger partial charge in [-0.15, -0.1) is 0 Å². The number of hydrogen-bond donors (Lipinski definition) is 1. The first-order valence-electron chi connectivity index (χ1n) is 5.53. The molecule has 1 heterocycles. The van der Waals surface area contributed by atoms with Crippen LogP contribution in [0.15, 0.2) is 24.4 Å². The molecular weight excluding hydrogens is 233 g/mol. The first-order valence-corrected chi connectivity index (χ1v) is 5.53. The molecule has 1 aromatic heterocycles. The Morgan fingerprint density at radius 2 is 2.11 bits per heavy atom. The van der Waals surface area contributed by atoms with Crippen molar-refractivity contribution in [1.82, 2.24) is 9.97 Å². The summed E-state index contributed by atoms with van der Waals surface area (Å²) >= 11 is 0. The van der Waals surface area contributed by atoms with Gasteiger partial charge in [0.1, 0.15) is 6.61 Å². The maximum absolute atomic E-state index is 12.9. The van der Waals surface area contributed by atoms with Crippen LogP contribution in [0.5, 0.6) is 6.01 Å². The summed E-state index contributed by atoms with van der Waals surface area (Å²) < 4.78 is 18.2. The van der Waals surface area contributed by atoms with Crippen LogP contribution in [0.4, 0.5) is 10.2 Å². The van der Waals surface area contributed by atoms with Gasteiger partial charge in [-0.1, -0.05) is 23.8 Å². The molecule has 0 spiro atoms. The van der Waals surface area contributed by atoms with Gasteiger partial charge in [0.15, 0.2) is 11.6 Å². The Bertz CT molecular complexity index is 572. The van der Waals surface area contributed by atoms with Gasteiger partial charge in [0, 0.05) is 0 Å². The summed E-state index contributed by atoms with van der Waals surface area (Å²) in [6.07, 6.45) is 1.000. The highest BCUT2D eigenvalue weighted by Gasteiger charge is 2.05. The maximum Gasteiger partial charge on any atom is 0.318 e. The Labute approximate surface area is 105 Å². The number of nitrogens with zero attached hydrogens (tertiary/aromatic N) is 2. The van der Waals surface area contributed by atoms with E-state index < -0.39 is 5.82 Å². The molecule has 0 aliphatic rings. The van der Waals surface area contributed by atoms with Gasteiger partial charge in [-0.05, 0) is 25.0 Å². The third kappa shape index (κ3) is 2.74. The SMILES string of the molecule is Cc1ccc(COc2ncc(F)c(N)n2)c(C)c1. The van der Waals surface area contributed by atoms with Gasteiger partial charge in [0.25, 0.3) is 0 Å². The number of aryl methyl sites for hydroxylation is 2. The molecule has 0 unspecified atom stereocenters. The molecule has 0 radical (unpaired) electrons. The third-order valence-electron chi connectivity index (χ3n) is 2.60. The topological polar surface area (TPSA) is 61.0 Å². The number of nitrogen functional groups attached to an aromatic ring is 1. The molecule has 0 aliphatic heterocycles. The van der Waals surface area contributed by atoms with E-state index >= 15 is 0 Å². The van der Waals surface area contributed by atoms with Crippen LogP contribution in [0.1, 0.15) is 16.7 Å². The molecule has 0 bridgehead atoms. The highest BCUT2D eigenvalue weighted by molar-refractivity contribution is 5.31. The molecule has 2 N–H and O–H groups in total. The van der Waals surface area contributed by atoms with Gasteiger partial charge in [-0.2, -0.15) is 4.98 Å². The lowest BCUT2D eigenvalue weighted by atomic mass is 10.1. The van der Waals surface area contributed by atoms with Crippen LogP contribution in [0.3, 0.4) is 0 Å². The van der Waals surface area contributed by atoms with E-state index in [9.17, 15) is 4.39 Å². The minimum atomic E-state index is -0.645. The van der Waals surface area contributed by atoms with E-state index in [-0.39, 0.29) is 11.8 Å². The van der Waals surface area contributed by atoms with Crippen LogP contribution in [0.2, 0.25) is 0 Å². The van der Waals surface area contributed by atoms with Crippen LogP contribution >= 0.6 is 0 Å². The second-order valence-corrected chi connectivity index (χ2v) is 4.10. The van der Waals surface area contributed by atoms with E-state index in [2.05, 4.69) is 16.0 Å². The van der Waals surface area contributed by atoms with E-state index in [1.807, 2.05) is 26.0 Å². The molecule has 0 atom stereocenters. The van der Waals surface area contributed by atoms with Crippen LogP contribution in [-0.2, 0) is 6.61 Å². The van der Waals surface area contributed by atoms with Gasteiger partial charge >= 0.3 is 6.01 Å². The van der Waals surface area contributed by atoms with Crippen molar-refractivity contribution >= 4 is 5.82 Å². The normalized spacial score (nSPS) is 10.4. The van der Waals surface area contributed by atoms with Gasteiger partial charge < -0.3 is 10.5 Å². The number of benzene rings is 1. The summed E-state index contributed by atoms with van der Waals surface area (Å²) in [4.78, 5) is 7.42. The number of aromatic nitrogens is 2. The standard InChI is InChI=1S/C13H14FN3O/c1-8-3-4-10(9(2)5-8)7-18-13-16-6-11(14)12(15)17-13/h3-6H,7H2,1-2H3,(H2,15,16,17). The Kier molecular flexibility index (Phi) is 3.41. The zero-order chi connectivity index (χ0) is 13.1. The highest BCUT2D eigenvalue weighted by atomic mass is 19.1. The van der Waals surface area contributed by atoms with Crippen molar-refractivity contribution < 1.29 is 9.13 Å². The molecular formula is C13H14FN3O. The second kappa shape index (κ2) is 5.00. The third-order valence-corrected chi connectivity index (χ3v) is 2.60. The van der Waals surface area contributed by atoms with Crippen molar-refractivity contribution in [3.63, 3.8) is 0 Å². The number of ether oxygens (including phenoxy) is 1. The maximum atomic E-state index is 12.9. The van der Waals surface area contributed by atoms with Crippen LogP contribution in [0.25, 0.3) is 0 Å². The molecule has 94 valence electrons. The Morgan fingerprint density at radius 1 is 1.33 bits per heavy atom. The fraction of sp³-hybridized carbons (Fsp3) is 0.231. The molecule has 0 saturated carbocycles. The lowest BCUT2D eigenvalue weighted by Crippen LogP contribution is -2.04. The van der Waals surface area contributed by atoms with E-state index in [0.29, 0.717) is 6.61 Å². The highest BCUT2D eigenvalue weighted by Crippen LogP contribution is 2.14. The lowest BCUT2D eigenvalue weighted by Gasteiger charge is -2.08. The van der Waals surface area contributed by atoms with Crippen molar-refractivity contribution in [1.29, 1.82) is 0 Å². The largest absolute Gasteiger partial charge is 0.459 e. The molecule has 0 saturated heterocycles. The molecule has 18 heavy (non-hydrogen) atoms. The predicted molar refractivity (Wildman–Crippen MR) is 66.7 cm³/mol. The summed E-state index contributed by atoms with van der Waals surface area (Å²) in [5, 5.41) is 0. The summed E-state index contributed by atoms with van der Waals surface area (Å²) in [6, 6.07) is 6.13. The van der Waals surface area contributed by atoms with Crippen LogP contribution in [0, 0.1) is 19.7 Å². The first kappa shape index (κ1) is 12.3. The van der Waals surface area contributed by atoms with Gasteiger partial charge in [-0.3, -0.25) is 0 Å². The zero-order valence-corrected chi connectivity index (χ0v) is 10.3. The van der Waals surface area contributed by atoms with Crippen molar-refractivity contribution in [2.45, 2.75) is 20.5 Å². The number of halogens is 1. The predicted octanol–water partition coefficient (Wildman–Crippen LogP) is 2.39. The minimum Gasteiger partial charge on any atom is -0.459 e. The fourth-order valence-corrected chi connectivity index (χ4v) is 1.58. The average molecular weight is 247 g/mol. The summed E-state index contributed by atoms with van der Waals surface area (Å²) in [5.41, 5.74) is 8.69. The van der Waals surface area contributed by atoms with Crippen LogP contribution < -0.4 is 10.5 Å². The monoisotopic (exact) mass is 247 g/mol.